The van der Waals surface area contributed by atoms with Gasteiger partial charge in [0.25, 0.3) is 0 Å². The SMILES string of the molecule is C=C[C@H](CCC)[C@@H](N)C(=O)O. The van der Waals surface area contributed by atoms with Crippen LogP contribution >= 0.6 is 0 Å². The lowest BCUT2D eigenvalue weighted by molar-refractivity contribution is -0.139. The van der Waals surface area contributed by atoms with Gasteiger partial charge in [0.05, 0.1) is 0 Å². The fraction of sp³-hybridized carbons (Fsp3) is 0.625. The summed E-state index contributed by atoms with van der Waals surface area (Å²) >= 11 is 0. The fourth-order valence-corrected chi connectivity index (χ4v) is 0.960. The molecule has 0 aromatic rings. The van der Waals surface area contributed by atoms with Gasteiger partial charge in [-0.05, 0) is 6.42 Å². The van der Waals surface area contributed by atoms with Crippen LogP contribution in [0.15, 0.2) is 12.7 Å². The Morgan fingerprint density at radius 3 is 2.64 bits per heavy atom. The van der Waals surface area contributed by atoms with E-state index >= 15 is 0 Å². The van der Waals surface area contributed by atoms with Crippen molar-refractivity contribution in [1.29, 1.82) is 0 Å². The Morgan fingerprint density at radius 2 is 2.36 bits per heavy atom. The van der Waals surface area contributed by atoms with Gasteiger partial charge in [-0.1, -0.05) is 19.4 Å². The molecule has 3 heteroatoms. The van der Waals surface area contributed by atoms with E-state index in [0.29, 0.717) is 0 Å². The molecule has 3 N–H and O–H groups in total. The van der Waals surface area contributed by atoms with E-state index in [1.807, 2.05) is 6.92 Å². The highest BCUT2D eigenvalue weighted by Crippen LogP contribution is 2.10. The normalized spacial score (nSPS) is 15.5. The van der Waals surface area contributed by atoms with Crippen molar-refractivity contribution in [3.63, 3.8) is 0 Å². The fourth-order valence-electron chi connectivity index (χ4n) is 0.960. The summed E-state index contributed by atoms with van der Waals surface area (Å²) in [5, 5.41) is 8.54. The molecule has 0 aliphatic carbocycles. The second kappa shape index (κ2) is 4.91. The first-order chi connectivity index (χ1) is 5.13. The zero-order valence-electron chi connectivity index (χ0n) is 6.79. The molecule has 0 bridgehead atoms. The van der Waals surface area contributed by atoms with E-state index in [0.717, 1.165) is 12.8 Å². The largest absolute Gasteiger partial charge is 0.480 e. The molecule has 0 saturated carbocycles. The highest BCUT2D eigenvalue weighted by molar-refractivity contribution is 5.73. The molecular formula is C8H15NO2. The van der Waals surface area contributed by atoms with Gasteiger partial charge in [-0.15, -0.1) is 6.58 Å². The number of carboxylic acid groups (broad SMARTS) is 1. The molecule has 0 radical (unpaired) electrons. The summed E-state index contributed by atoms with van der Waals surface area (Å²) < 4.78 is 0. The van der Waals surface area contributed by atoms with Crippen LogP contribution in [0.4, 0.5) is 0 Å². The van der Waals surface area contributed by atoms with Crippen molar-refractivity contribution < 1.29 is 9.90 Å². The Balaban J connectivity index is 4.01. The van der Waals surface area contributed by atoms with Gasteiger partial charge in [-0.3, -0.25) is 4.79 Å². The monoisotopic (exact) mass is 157 g/mol. The van der Waals surface area contributed by atoms with Crippen molar-refractivity contribution >= 4 is 5.97 Å². The molecule has 0 unspecified atom stereocenters. The first-order valence-electron chi connectivity index (χ1n) is 3.74. The van der Waals surface area contributed by atoms with Crippen molar-refractivity contribution in [2.45, 2.75) is 25.8 Å². The molecule has 0 fully saturated rings. The number of hydrogen-bond donors (Lipinski definition) is 2. The maximum atomic E-state index is 10.4. The molecule has 2 atom stereocenters. The Labute approximate surface area is 66.9 Å². The van der Waals surface area contributed by atoms with Crippen LogP contribution in [-0.2, 0) is 4.79 Å². The molecule has 0 aromatic heterocycles. The van der Waals surface area contributed by atoms with E-state index < -0.39 is 12.0 Å². The van der Waals surface area contributed by atoms with E-state index in [-0.39, 0.29) is 5.92 Å². The predicted octanol–water partition coefficient (Wildman–Crippen LogP) is 1.00. The first-order valence-corrected chi connectivity index (χ1v) is 3.74. The quantitative estimate of drug-likeness (QED) is 0.585. The van der Waals surface area contributed by atoms with E-state index in [9.17, 15) is 4.79 Å². The van der Waals surface area contributed by atoms with Crippen LogP contribution in [0.3, 0.4) is 0 Å². The molecule has 0 spiro atoms. The number of rotatable bonds is 5. The molecule has 0 heterocycles. The average molecular weight is 157 g/mol. The molecule has 0 aliphatic rings. The highest BCUT2D eigenvalue weighted by Gasteiger charge is 2.19. The zero-order chi connectivity index (χ0) is 8.85. The number of aliphatic carboxylic acids is 1. The summed E-state index contributed by atoms with van der Waals surface area (Å²) in [7, 11) is 0. The third kappa shape index (κ3) is 3.18. The van der Waals surface area contributed by atoms with Crippen molar-refractivity contribution in [3.05, 3.63) is 12.7 Å². The number of hydrogen-bond acceptors (Lipinski definition) is 2. The van der Waals surface area contributed by atoms with Crippen LogP contribution in [0.5, 0.6) is 0 Å². The minimum atomic E-state index is -0.955. The molecule has 0 rings (SSSR count). The van der Waals surface area contributed by atoms with Crippen LogP contribution < -0.4 is 5.73 Å². The van der Waals surface area contributed by atoms with Gasteiger partial charge in [0.15, 0.2) is 0 Å². The summed E-state index contributed by atoms with van der Waals surface area (Å²) in [5.41, 5.74) is 5.39. The summed E-state index contributed by atoms with van der Waals surface area (Å²) in [5.74, 6) is -1.05. The van der Waals surface area contributed by atoms with E-state index in [1.165, 1.54) is 0 Å². The summed E-state index contributed by atoms with van der Waals surface area (Å²) in [4.78, 5) is 10.4. The molecular weight excluding hydrogens is 142 g/mol. The van der Waals surface area contributed by atoms with Gasteiger partial charge in [0.1, 0.15) is 6.04 Å². The summed E-state index contributed by atoms with van der Waals surface area (Å²) in [6.07, 6.45) is 3.33. The summed E-state index contributed by atoms with van der Waals surface area (Å²) in [6, 6.07) is -0.799. The Bertz CT molecular complexity index is 145. The van der Waals surface area contributed by atoms with Crippen LogP contribution in [0.25, 0.3) is 0 Å². The van der Waals surface area contributed by atoms with Crippen LogP contribution in [0.2, 0.25) is 0 Å². The smallest absolute Gasteiger partial charge is 0.321 e. The number of carboxylic acids is 1. The van der Waals surface area contributed by atoms with Gasteiger partial charge in [0.2, 0.25) is 0 Å². The van der Waals surface area contributed by atoms with Crippen molar-refractivity contribution in [2.75, 3.05) is 0 Å². The molecule has 11 heavy (non-hydrogen) atoms. The lowest BCUT2D eigenvalue weighted by Gasteiger charge is -2.14. The maximum Gasteiger partial charge on any atom is 0.321 e. The molecule has 0 aliphatic heterocycles. The predicted molar refractivity (Wildman–Crippen MR) is 44.2 cm³/mol. The number of carbonyl (C=O) groups is 1. The lowest BCUT2D eigenvalue weighted by atomic mass is 9.96. The summed E-state index contributed by atoms with van der Waals surface area (Å²) in [6.45, 7) is 5.53. The van der Waals surface area contributed by atoms with Crippen molar-refractivity contribution in [2.24, 2.45) is 11.7 Å². The Hall–Kier alpha value is -0.830. The third-order valence-corrected chi connectivity index (χ3v) is 1.67. The topological polar surface area (TPSA) is 63.3 Å². The third-order valence-electron chi connectivity index (χ3n) is 1.67. The van der Waals surface area contributed by atoms with Crippen LogP contribution in [0, 0.1) is 5.92 Å². The Morgan fingerprint density at radius 1 is 1.82 bits per heavy atom. The Kier molecular flexibility index (Phi) is 4.54. The minimum absolute atomic E-state index is 0.0995. The van der Waals surface area contributed by atoms with Crippen molar-refractivity contribution in [3.8, 4) is 0 Å². The maximum absolute atomic E-state index is 10.4. The van der Waals surface area contributed by atoms with Crippen LogP contribution in [0.1, 0.15) is 19.8 Å². The van der Waals surface area contributed by atoms with Gasteiger partial charge < -0.3 is 10.8 Å². The van der Waals surface area contributed by atoms with E-state index in [1.54, 1.807) is 6.08 Å². The highest BCUT2D eigenvalue weighted by atomic mass is 16.4. The number of nitrogens with two attached hydrogens (primary N) is 1. The minimum Gasteiger partial charge on any atom is -0.480 e. The second-order valence-electron chi connectivity index (χ2n) is 2.55. The van der Waals surface area contributed by atoms with Crippen LogP contribution in [-0.4, -0.2) is 17.1 Å². The molecule has 0 amide bonds. The van der Waals surface area contributed by atoms with Gasteiger partial charge in [0, 0.05) is 5.92 Å². The van der Waals surface area contributed by atoms with E-state index in [4.69, 9.17) is 10.8 Å². The lowest BCUT2D eigenvalue weighted by Crippen LogP contribution is -2.36. The standard InChI is InChI=1S/C8H15NO2/c1-3-5-6(4-2)7(9)8(10)11/h4,6-7H,2-3,5,9H2,1H3,(H,10,11)/t6-,7-/m1/s1. The van der Waals surface area contributed by atoms with Gasteiger partial charge in [-0.25, -0.2) is 0 Å². The van der Waals surface area contributed by atoms with Gasteiger partial charge in [-0.2, -0.15) is 0 Å². The molecule has 0 saturated heterocycles. The second-order valence-corrected chi connectivity index (χ2v) is 2.55. The average Bonchev–Trinajstić information content (AvgIpc) is 1.98. The molecule has 64 valence electrons. The van der Waals surface area contributed by atoms with Gasteiger partial charge >= 0.3 is 5.97 Å². The zero-order valence-corrected chi connectivity index (χ0v) is 6.79. The first kappa shape index (κ1) is 10.2. The molecule has 3 nitrogen and oxygen atoms in total. The van der Waals surface area contributed by atoms with Crippen molar-refractivity contribution in [1.82, 2.24) is 0 Å². The van der Waals surface area contributed by atoms with E-state index in [2.05, 4.69) is 6.58 Å². The molecule has 0 aromatic carbocycles.